The molecule has 0 saturated carbocycles. The highest BCUT2D eigenvalue weighted by molar-refractivity contribution is 6.48. The lowest BCUT2D eigenvalue weighted by Crippen LogP contribution is -2.24. The van der Waals surface area contributed by atoms with Gasteiger partial charge in [-0.25, -0.2) is 0 Å². The van der Waals surface area contributed by atoms with Crippen molar-refractivity contribution >= 4 is 28.3 Å². The summed E-state index contributed by atoms with van der Waals surface area (Å²) in [4.78, 5) is 25.4. The van der Waals surface area contributed by atoms with Crippen LogP contribution in [-0.4, -0.2) is 28.6 Å². The number of Topliss-reactive ketones (excluding diaryl/α,β-unsaturated/α-hetero) is 1. The molecule has 0 bridgehead atoms. The minimum absolute atomic E-state index is 0.156. The third-order valence-electron chi connectivity index (χ3n) is 4.44. The highest BCUT2D eigenvalue weighted by atomic mass is 16.5. The number of hydrogen-bond donors (Lipinski definition) is 1. The molecule has 27 heavy (non-hydrogen) atoms. The lowest BCUT2D eigenvalue weighted by molar-refractivity contribution is -0.112. The van der Waals surface area contributed by atoms with E-state index in [1.54, 1.807) is 43.1 Å². The number of ether oxygens (including phenoxy) is 1. The zero-order valence-corrected chi connectivity index (χ0v) is 16.2. The minimum Gasteiger partial charge on any atom is -0.496 e. The molecule has 6 heteroatoms. The Balaban J connectivity index is 1.92. The second-order valence-electron chi connectivity index (χ2n) is 7.43. The number of aromatic nitrogens is 2. The number of ketones is 1. The average Bonchev–Trinajstić information content (AvgIpc) is 3.01. The van der Waals surface area contributed by atoms with Crippen molar-refractivity contribution in [3.05, 3.63) is 53.7 Å². The van der Waals surface area contributed by atoms with Gasteiger partial charge in [-0.1, -0.05) is 45.0 Å². The summed E-state index contributed by atoms with van der Waals surface area (Å²) in [6, 6.07) is 12.5. The summed E-state index contributed by atoms with van der Waals surface area (Å²) in [5.41, 5.74) is 1.02. The van der Waals surface area contributed by atoms with Gasteiger partial charge in [-0.05, 0) is 17.5 Å². The van der Waals surface area contributed by atoms with Crippen LogP contribution in [0, 0.1) is 0 Å². The van der Waals surface area contributed by atoms with Crippen LogP contribution in [0.5, 0.6) is 5.75 Å². The molecule has 0 aliphatic heterocycles. The first-order chi connectivity index (χ1) is 12.7. The molecule has 6 nitrogen and oxygen atoms in total. The summed E-state index contributed by atoms with van der Waals surface area (Å²) in [6.45, 7) is 6.11. The zero-order valence-electron chi connectivity index (χ0n) is 16.2. The molecular weight excluding hydrogens is 342 g/mol. The number of methoxy groups -OCH3 is 1. The highest BCUT2D eigenvalue weighted by Gasteiger charge is 2.23. The van der Waals surface area contributed by atoms with Gasteiger partial charge in [-0.3, -0.25) is 14.3 Å². The van der Waals surface area contributed by atoms with Gasteiger partial charge in [0.15, 0.2) is 0 Å². The molecule has 3 rings (SSSR count). The molecular formula is C21H23N3O3. The molecule has 0 fully saturated rings. The number of rotatable bonds is 4. The van der Waals surface area contributed by atoms with Crippen LogP contribution in [0.25, 0.3) is 10.8 Å². The Morgan fingerprint density at radius 1 is 1.07 bits per heavy atom. The zero-order chi connectivity index (χ0) is 19.8. The van der Waals surface area contributed by atoms with Crippen LogP contribution in [0.4, 0.5) is 5.82 Å². The molecule has 3 aromatic rings. The Morgan fingerprint density at radius 2 is 1.74 bits per heavy atom. The van der Waals surface area contributed by atoms with Crippen molar-refractivity contribution in [2.45, 2.75) is 26.2 Å². The second kappa shape index (κ2) is 6.87. The number of amides is 1. The van der Waals surface area contributed by atoms with E-state index in [2.05, 4.69) is 10.4 Å². The van der Waals surface area contributed by atoms with Crippen LogP contribution in [0.1, 0.15) is 36.8 Å². The largest absolute Gasteiger partial charge is 0.496 e. The third kappa shape index (κ3) is 3.56. The normalized spacial score (nSPS) is 11.4. The van der Waals surface area contributed by atoms with E-state index < -0.39 is 11.7 Å². The van der Waals surface area contributed by atoms with Crippen molar-refractivity contribution in [2.24, 2.45) is 7.05 Å². The van der Waals surface area contributed by atoms with Crippen molar-refractivity contribution in [3.8, 4) is 5.75 Å². The Bertz CT molecular complexity index is 1030. The van der Waals surface area contributed by atoms with E-state index in [1.807, 2.05) is 39.0 Å². The van der Waals surface area contributed by atoms with Crippen molar-refractivity contribution in [1.82, 2.24) is 9.78 Å². The molecule has 1 heterocycles. The van der Waals surface area contributed by atoms with E-state index in [1.165, 1.54) is 0 Å². The van der Waals surface area contributed by atoms with Crippen LogP contribution >= 0.6 is 0 Å². The minimum atomic E-state index is -0.700. The fraction of sp³-hybridized carbons (Fsp3) is 0.286. The Hall–Kier alpha value is -3.15. The molecule has 0 atom stereocenters. The molecule has 1 amide bonds. The van der Waals surface area contributed by atoms with Crippen molar-refractivity contribution in [3.63, 3.8) is 0 Å². The summed E-state index contributed by atoms with van der Waals surface area (Å²) in [5.74, 6) is -0.166. The lowest BCUT2D eigenvalue weighted by Gasteiger charge is -2.13. The van der Waals surface area contributed by atoms with E-state index in [0.29, 0.717) is 22.5 Å². The highest BCUT2D eigenvalue weighted by Crippen LogP contribution is 2.29. The number of hydrogen-bond acceptors (Lipinski definition) is 4. The maximum Gasteiger partial charge on any atom is 0.297 e. The van der Waals surface area contributed by atoms with Crippen molar-refractivity contribution in [1.29, 1.82) is 0 Å². The van der Waals surface area contributed by atoms with Gasteiger partial charge in [0.25, 0.3) is 11.7 Å². The van der Waals surface area contributed by atoms with Gasteiger partial charge in [-0.15, -0.1) is 0 Å². The smallest absolute Gasteiger partial charge is 0.297 e. The molecule has 0 unspecified atom stereocenters. The fourth-order valence-electron chi connectivity index (χ4n) is 2.89. The third-order valence-corrected chi connectivity index (χ3v) is 4.44. The van der Waals surface area contributed by atoms with Crippen LogP contribution < -0.4 is 10.1 Å². The second-order valence-corrected chi connectivity index (χ2v) is 7.43. The first-order valence-electron chi connectivity index (χ1n) is 8.68. The summed E-state index contributed by atoms with van der Waals surface area (Å²) in [7, 11) is 3.31. The van der Waals surface area contributed by atoms with Gasteiger partial charge in [0, 0.05) is 29.5 Å². The molecule has 0 aliphatic carbocycles. The van der Waals surface area contributed by atoms with Crippen LogP contribution in [0.15, 0.2) is 42.5 Å². The standard InChI is InChI=1S/C21H23N3O3/c1-21(2,3)17-12-18(24(4)23-17)22-20(26)19(25)15-10-11-16(27-5)14-9-7-6-8-13(14)15/h6-12H,1-5H3,(H,22,26). The number of fused-ring (bicyclic) bond motifs is 1. The number of benzene rings is 2. The van der Waals surface area contributed by atoms with Crippen molar-refractivity contribution < 1.29 is 14.3 Å². The SMILES string of the molecule is COc1ccc(C(=O)C(=O)Nc2cc(C(C)(C)C)nn2C)c2ccccc12. The van der Waals surface area contributed by atoms with Gasteiger partial charge < -0.3 is 10.1 Å². The predicted molar refractivity (Wildman–Crippen MR) is 105 cm³/mol. The molecule has 1 aromatic heterocycles. The van der Waals surface area contributed by atoms with Crippen LogP contribution in [0.2, 0.25) is 0 Å². The summed E-state index contributed by atoms with van der Waals surface area (Å²) in [6.07, 6.45) is 0. The molecule has 0 aliphatic rings. The number of nitrogens with zero attached hydrogens (tertiary/aromatic N) is 2. The fourth-order valence-corrected chi connectivity index (χ4v) is 2.89. The first-order valence-corrected chi connectivity index (χ1v) is 8.68. The summed E-state index contributed by atoms with van der Waals surface area (Å²) < 4.78 is 6.91. The quantitative estimate of drug-likeness (QED) is 0.565. The van der Waals surface area contributed by atoms with Crippen LogP contribution in [0.3, 0.4) is 0 Å². The molecule has 2 aromatic carbocycles. The monoisotopic (exact) mass is 365 g/mol. The van der Waals surface area contributed by atoms with Crippen molar-refractivity contribution in [2.75, 3.05) is 12.4 Å². The van der Waals surface area contributed by atoms with E-state index in [-0.39, 0.29) is 5.41 Å². The van der Waals surface area contributed by atoms with Gasteiger partial charge in [0.2, 0.25) is 0 Å². The van der Waals surface area contributed by atoms with E-state index in [4.69, 9.17) is 4.74 Å². The Labute approximate surface area is 158 Å². The number of aryl methyl sites for hydroxylation is 1. The molecule has 0 saturated heterocycles. The maximum atomic E-state index is 12.8. The first kappa shape index (κ1) is 18.6. The number of carbonyl (C=O) groups excluding carboxylic acids is 2. The molecule has 140 valence electrons. The van der Waals surface area contributed by atoms with E-state index >= 15 is 0 Å². The van der Waals surface area contributed by atoms with Gasteiger partial charge in [0.1, 0.15) is 11.6 Å². The average molecular weight is 365 g/mol. The Kier molecular flexibility index (Phi) is 4.74. The topological polar surface area (TPSA) is 73.2 Å². The lowest BCUT2D eigenvalue weighted by atomic mass is 9.92. The molecule has 1 N–H and O–H groups in total. The maximum absolute atomic E-state index is 12.8. The Morgan fingerprint density at radius 3 is 2.33 bits per heavy atom. The molecule has 0 radical (unpaired) electrons. The number of nitrogens with one attached hydrogen (secondary N) is 1. The van der Waals surface area contributed by atoms with E-state index in [9.17, 15) is 9.59 Å². The summed E-state index contributed by atoms with van der Waals surface area (Å²) in [5, 5.41) is 8.55. The number of anilines is 1. The predicted octanol–water partition coefficient (Wildman–Crippen LogP) is 3.70. The van der Waals surface area contributed by atoms with Gasteiger partial charge in [0.05, 0.1) is 12.8 Å². The van der Waals surface area contributed by atoms with Gasteiger partial charge in [-0.2, -0.15) is 5.10 Å². The van der Waals surface area contributed by atoms with Crippen LogP contribution in [-0.2, 0) is 17.3 Å². The summed E-state index contributed by atoms with van der Waals surface area (Å²) >= 11 is 0. The van der Waals surface area contributed by atoms with E-state index in [0.717, 1.165) is 11.1 Å². The molecule has 0 spiro atoms. The number of carbonyl (C=O) groups is 2. The van der Waals surface area contributed by atoms with Gasteiger partial charge >= 0.3 is 0 Å².